The second-order valence-corrected chi connectivity index (χ2v) is 11.0. The van der Waals surface area contributed by atoms with Crippen LogP contribution in [0.1, 0.15) is 65.4 Å². The molecule has 36 heavy (non-hydrogen) atoms. The Morgan fingerprint density at radius 1 is 1.17 bits per heavy atom. The van der Waals surface area contributed by atoms with Gasteiger partial charge in [0.05, 0.1) is 30.1 Å². The highest BCUT2D eigenvalue weighted by Gasteiger charge is 2.78. The highest BCUT2D eigenvalue weighted by Crippen LogP contribution is 2.63. The number of amides is 3. The van der Waals surface area contributed by atoms with Crippen LogP contribution in [0.4, 0.5) is 0 Å². The first-order valence-corrected chi connectivity index (χ1v) is 13.5. The molecule has 3 aliphatic rings. The fourth-order valence-corrected chi connectivity index (χ4v) is 6.62. The second-order valence-electron chi connectivity index (χ2n) is 11.0. The van der Waals surface area contributed by atoms with Gasteiger partial charge >= 0.3 is 0 Å². The van der Waals surface area contributed by atoms with Crippen molar-refractivity contribution in [1.29, 1.82) is 0 Å². The lowest BCUT2D eigenvalue weighted by molar-refractivity contribution is -0.151. The standard InChI is InChI=1S/C28H41N3O5/c1-5-7-15-29-25(34)23-28-14-13-27(4,36-28)21(24(33)30-16-19-11-9-8-10-12-19)22(28)26(35)31(23)20(17-32)18(3)6-2/h8-12,18,20-23,32H,5-7,13-17H2,1-4H3,(H,29,34)(H,30,33)/t18-,20-,21-,22-,23?,27+,28?/m0/s1. The average molecular weight is 500 g/mol. The van der Waals surface area contributed by atoms with E-state index in [0.717, 1.165) is 24.8 Å². The molecule has 2 unspecified atom stereocenters. The second kappa shape index (κ2) is 10.5. The van der Waals surface area contributed by atoms with Gasteiger partial charge in [-0.25, -0.2) is 0 Å². The van der Waals surface area contributed by atoms with E-state index in [2.05, 4.69) is 17.6 Å². The van der Waals surface area contributed by atoms with Gasteiger partial charge in [-0.2, -0.15) is 0 Å². The summed E-state index contributed by atoms with van der Waals surface area (Å²) in [6.45, 7) is 8.57. The number of likely N-dealkylation sites (tertiary alicyclic amines) is 1. The van der Waals surface area contributed by atoms with Crippen LogP contribution < -0.4 is 10.6 Å². The molecule has 1 aromatic rings. The zero-order valence-electron chi connectivity index (χ0n) is 22.0. The Bertz CT molecular complexity index is 971. The van der Waals surface area contributed by atoms with Gasteiger partial charge in [0.25, 0.3) is 0 Å². The summed E-state index contributed by atoms with van der Waals surface area (Å²) >= 11 is 0. The summed E-state index contributed by atoms with van der Waals surface area (Å²) in [5.41, 5.74) is -0.919. The Morgan fingerprint density at radius 2 is 1.89 bits per heavy atom. The zero-order chi connectivity index (χ0) is 26.1. The van der Waals surface area contributed by atoms with Crippen molar-refractivity contribution in [3.63, 3.8) is 0 Å². The molecule has 3 amide bonds. The summed E-state index contributed by atoms with van der Waals surface area (Å²) in [7, 11) is 0. The maximum Gasteiger partial charge on any atom is 0.245 e. The van der Waals surface area contributed by atoms with Crippen molar-refractivity contribution in [2.24, 2.45) is 17.8 Å². The predicted molar refractivity (Wildman–Crippen MR) is 136 cm³/mol. The number of unbranched alkanes of at least 4 members (excludes halogenated alkanes) is 1. The van der Waals surface area contributed by atoms with E-state index < -0.39 is 35.1 Å². The van der Waals surface area contributed by atoms with Crippen LogP contribution in [-0.4, -0.2) is 64.2 Å². The number of carbonyl (C=O) groups is 3. The number of aliphatic hydroxyl groups excluding tert-OH is 1. The van der Waals surface area contributed by atoms with Crippen LogP contribution in [0.15, 0.2) is 30.3 Å². The normalized spacial score (nSPS) is 32.3. The van der Waals surface area contributed by atoms with E-state index in [1.165, 1.54) is 0 Å². The van der Waals surface area contributed by atoms with Gasteiger partial charge < -0.3 is 25.4 Å². The van der Waals surface area contributed by atoms with Gasteiger partial charge in [-0.3, -0.25) is 14.4 Å². The molecule has 8 nitrogen and oxygen atoms in total. The quantitative estimate of drug-likeness (QED) is 0.405. The summed E-state index contributed by atoms with van der Waals surface area (Å²) in [6.07, 6.45) is 3.64. The van der Waals surface area contributed by atoms with Crippen LogP contribution in [0.25, 0.3) is 0 Å². The lowest BCUT2D eigenvalue weighted by Crippen LogP contribution is -2.59. The molecule has 3 aliphatic heterocycles. The van der Waals surface area contributed by atoms with E-state index in [1.54, 1.807) is 4.90 Å². The van der Waals surface area contributed by atoms with Gasteiger partial charge in [-0.15, -0.1) is 0 Å². The number of ether oxygens (including phenoxy) is 1. The summed E-state index contributed by atoms with van der Waals surface area (Å²) < 4.78 is 6.64. The molecular weight excluding hydrogens is 458 g/mol. The van der Waals surface area contributed by atoms with Crippen LogP contribution in [0.3, 0.4) is 0 Å². The molecule has 0 radical (unpaired) electrons. The largest absolute Gasteiger partial charge is 0.394 e. The number of aliphatic hydroxyl groups is 1. The molecule has 8 heteroatoms. The number of nitrogens with one attached hydrogen (secondary N) is 2. The predicted octanol–water partition coefficient (Wildman–Crippen LogP) is 2.39. The first-order chi connectivity index (χ1) is 17.2. The van der Waals surface area contributed by atoms with Crippen LogP contribution >= 0.6 is 0 Å². The number of hydrogen-bond donors (Lipinski definition) is 3. The summed E-state index contributed by atoms with van der Waals surface area (Å²) in [6, 6.07) is 8.26. The van der Waals surface area contributed by atoms with Gasteiger partial charge in [0, 0.05) is 13.1 Å². The van der Waals surface area contributed by atoms with E-state index in [0.29, 0.717) is 25.9 Å². The third-order valence-corrected chi connectivity index (χ3v) is 8.73. The third-order valence-electron chi connectivity index (χ3n) is 8.73. The van der Waals surface area contributed by atoms with Crippen molar-refractivity contribution in [1.82, 2.24) is 15.5 Å². The van der Waals surface area contributed by atoms with Crippen molar-refractivity contribution >= 4 is 17.7 Å². The molecule has 3 saturated heterocycles. The number of carbonyl (C=O) groups excluding carboxylic acids is 3. The summed E-state index contributed by atoms with van der Waals surface area (Å²) in [4.78, 5) is 43.0. The van der Waals surface area contributed by atoms with E-state index in [-0.39, 0.29) is 30.2 Å². The topological polar surface area (TPSA) is 108 Å². The van der Waals surface area contributed by atoms with Crippen LogP contribution in [0.2, 0.25) is 0 Å². The molecule has 2 bridgehead atoms. The maximum absolute atomic E-state index is 14.1. The molecular formula is C28H41N3O5. The van der Waals surface area contributed by atoms with Gasteiger partial charge in [0.2, 0.25) is 17.7 Å². The molecule has 3 N–H and O–H groups in total. The number of fused-ring (bicyclic) bond motifs is 1. The average Bonchev–Trinajstić information content (AvgIpc) is 3.44. The lowest BCUT2D eigenvalue weighted by Gasteiger charge is -2.39. The number of rotatable bonds is 11. The van der Waals surface area contributed by atoms with Crippen LogP contribution in [0, 0.1) is 17.8 Å². The molecule has 0 aliphatic carbocycles. The minimum absolute atomic E-state index is 0.0155. The molecule has 198 valence electrons. The molecule has 7 atom stereocenters. The summed E-state index contributed by atoms with van der Waals surface area (Å²) in [5, 5.41) is 16.4. The minimum Gasteiger partial charge on any atom is -0.394 e. The van der Waals surface area contributed by atoms with Crippen molar-refractivity contribution < 1.29 is 24.2 Å². The van der Waals surface area contributed by atoms with Crippen molar-refractivity contribution in [2.45, 2.75) is 89.6 Å². The van der Waals surface area contributed by atoms with Crippen molar-refractivity contribution in [3.05, 3.63) is 35.9 Å². The fraction of sp³-hybridized carbons (Fsp3) is 0.679. The Balaban J connectivity index is 1.68. The molecule has 0 aromatic heterocycles. The molecule has 1 aromatic carbocycles. The van der Waals surface area contributed by atoms with Crippen molar-refractivity contribution in [3.8, 4) is 0 Å². The van der Waals surface area contributed by atoms with E-state index >= 15 is 0 Å². The Morgan fingerprint density at radius 3 is 2.53 bits per heavy atom. The first-order valence-electron chi connectivity index (χ1n) is 13.5. The minimum atomic E-state index is -1.07. The molecule has 4 rings (SSSR count). The monoisotopic (exact) mass is 499 g/mol. The van der Waals surface area contributed by atoms with Crippen molar-refractivity contribution in [2.75, 3.05) is 13.2 Å². The Hall–Kier alpha value is -2.45. The van der Waals surface area contributed by atoms with E-state index in [1.807, 2.05) is 51.1 Å². The molecule has 0 saturated carbocycles. The highest BCUT2D eigenvalue weighted by atomic mass is 16.5. The number of nitrogens with zero attached hydrogens (tertiary/aromatic N) is 1. The van der Waals surface area contributed by atoms with Crippen LogP contribution in [0.5, 0.6) is 0 Å². The van der Waals surface area contributed by atoms with Crippen LogP contribution in [-0.2, 0) is 25.7 Å². The summed E-state index contributed by atoms with van der Waals surface area (Å²) in [5.74, 6) is -2.21. The Kier molecular flexibility index (Phi) is 7.76. The van der Waals surface area contributed by atoms with Gasteiger partial charge in [0.1, 0.15) is 11.6 Å². The van der Waals surface area contributed by atoms with Gasteiger partial charge in [-0.05, 0) is 37.7 Å². The SMILES string of the molecule is CCCCNC(=O)C1N([C@@H](CO)[C@@H](C)CC)C(=O)[C@@H]2[C@@H](C(=O)NCc3ccccc3)[C@@]3(C)CCC12O3. The van der Waals surface area contributed by atoms with E-state index in [9.17, 15) is 19.5 Å². The zero-order valence-corrected chi connectivity index (χ0v) is 22.0. The fourth-order valence-electron chi connectivity index (χ4n) is 6.62. The Labute approximate surface area is 214 Å². The lowest BCUT2D eigenvalue weighted by atomic mass is 9.66. The maximum atomic E-state index is 14.1. The first kappa shape index (κ1) is 26.6. The number of hydrogen-bond acceptors (Lipinski definition) is 5. The molecule has 3 fully saturated rings. The van der Waals surface area contributed by atoms with E-state index in [4.69, 9.17) is 4.74 Å². The highest BCUT2D eigenvalue weighted by molar-refractivity contribution is 5.99. The van der Waals surface area contributed by atoms with Gasteiger partial charge in [-0.1, -0.05) is 63.9 Å². The number of benzene rings is 1. The molecule has 1 spiro atoms. The third kappa shape index (κ3) is 4.32. The molecule has 3 heterocycles. The smallest absolute Gasteiger partial charge is 0.245 e. The van der Waals surface area contributed by atoms with Gasteiger partial charge in [0.15, 0.2) is 0 Å².